The topological polar surface area (TPSA) is 140 Å². The van der Waals surface area contributed by atoms with E-state index in [1.54, 1.807) is 38.1 Å². The zero-order chi connectivity index (χ0) is 25.0. The van der Waals surface area contributed by atoms with Crippen LogP contribution in [0.5, 0.6) is 0 Å². The molecule has 0 aromatic heterocycles. The Morgan fingerprint density at radius 3 is 2.12 bits per heavy atom. The van der Waals surface area contributed by atoms with E-state index in [0.717, 1.165) is 12.7 Å². The predicted octanol–water partition coefficient (Wildman–Crippen LogP) is 1.03. The van der Waals surface area contributed by atoms with Crippen LogP contribution in [0, 0.1) is 5.92 Å². The Morgan fingerprint density at radius 2 is 1.58 bits per heavy atom. The van der Waals surface area contributed by atoms with Crippen LogP contribution in [-0.4, -0.2) is 61.6 Å². The number of carbonyl (C=O) groups is 5. The van der Waals surface area contributed by atoms with Gasteiger partial charge in [0.05, 0.1) is 13.5 Å². The molecule has 1 aromatic carbocycles. The van der Waals surface area contributed by atoms with E-state index in [1.165, 1.54) is 6.92 Å². The monoisotopic (exact) mass is 467 g/mol. The fourth-order valence-electron chi connectivity index (χ4n) is 2.68. The number of benzene rings is 1. The summed E-state index contributed by atoms with van der Waals surface area (Å²) in [5.74, 6) is -3.63. The van der Waals surface area contributed by atoms with E-state index in [9.17, 15) is 28.4 Å². The summed E-state index contributed by atoms with van der Waals surface area (Å²) in [7, 11) is 1.09. The highest BCUT2D eigenvalue weighted by atomic mass is 19.1. The third-order valence-corrected chi connectivity index (χ3v) is 4.62. The number of amides is 3. The van der Waals surface area contributed by atoms with Crippen molar-refractivity contribution in [1.82, 2.24) is 16.0 Å². The highest BCUT2D eigenvalue weighted by molar-refractivity contribution is 5.96. The second-order valence-electron chi connectivity index (χ2n) is 7.60. The number of alkyl halides is 1. The van der Waals surface area contributed by atoms with Crippen molar-refractivity contribution in [2.24, 2.45) is 5.92 Å². The molecule has 0 aliphatic rings. The van der Waals surface area contributed by atoms with Gasteiger partial charge in [0.15, 0.2) is 5.78 Å². The molecule has 0 saturated heterocycles. The largest absolute Gasteiger partial charge is 0.469 e. The minimum atomic E-state index is -1.43. The zero-order valence-corrected chi connectivity index (χ0v) is 19.1. The van der Waals surface area contributed by atoms with Crippen LogP contribution in [0.3, 0.4) is 0 Å². The van der Waals surface area contributed by atoms with Gasteiger partial charge in [0.1, 0.15) is 31.4 Å². The number of esters is 1. The highest BCUT2D eigenvalue weighted by Crippen LogP contribution is 2.06. The van der Waals surface area contributed by atoms with E-state index < -0.39 is 60.9 Å². The lowest BCUT2D eigenvalue weighted by Gasteiger charge is -2.24. The quantitative estimate of drug-likeness (QED) is 0.390. The lowest BCUT2D eigenvalue weighted by molar-refractivity contribution is -0.143. The maximum atomic E-state index is 12.8. The smallest absolute Gasteiger partial charge is 0.408 e. The van der Waals surface area contributed by atoms with Gasteiger partial charge in [0.25, 0.3) is 0 Å². The predicted molar refractivity (Wildman–Crippen MR) is 116 cm³/mol. The van der Waals surface area contributed by atoms with Crippen LogP contribution in [0.2, 0.25) is 0 Å². The summed E-state index contributed by atoms with van der Waals surface area (Å²) >= 11 is 0. The standard InChI is InChI=1S/C22H30FN3O7/c1-13(2)19(26-22(31)33-12-15-8-6-5-7-9-15)21(30)24-14(3)20(29)25-16(17(27)11-23)10-18(28)32-4/h5-9,13-14,16,19H,10-12H2,1-4H3,(H,24,30)(H,25,29)(H,26,31). The Hall–Kier alpha value is -3.50. The highest BCUT2D eigenvalue weighted by Gasteiger charge is 2.30. The SMILES string of the molecule is COC(=O)CC(NC(=O)C(C)NC(=O)C(NC(=O)OCc1ccccc1)C(C)C)C(=O)CF. The van der Waals surface area contributed by atoms with Crippen molar-refractivity contribution in [3.05, 3.63) is 35.9 Å². The van der Waals surface area contributed by atoms with Crippen LogP contribution in [0.4, 0.5) is 9.18 Å². The summed E-state index contributed by atoms with van der Waals surface area (Å²) in [6.07, 6.45) is -1.36. The third-order valence-electron chi connectivity index (χ3n) is 4.62. The van der Waals surface area contributed by atoms with Gasteiger partial charge in [-0.3, -0.25) is 19.2 Å². The van der Waals surface area contributed by atoms with E-state index in [2.05, 4.69) is 20.7 Å². The summed E-state index contributed by atoms with van der Waals surface area (Å²) < 4.78 is 22.3. The molecule has 11 heteroatoms. The number of carbonyl (C=O) groups excluding carboxylic acids is 5. The van der Waals surface area contributed by atoms with Crippen LogP contribution in [-0.2, 0) is 35.3 Å². The summed E-state index contributed by atoms with van der Waals surface area (Å²) in [5.41, 5.74) is 0.771. The third kappa shape index (κ3) is 9.67. The van der Waals surface area contributed by atoms with E-state index >= 15 is 0 Å². The number of nitrogens with one attached hydrogen (secondary N) is 3. The van der Waals surface area contributed by atoms with Gasteiger partial charge in [-0.25, -0.2) is 9.18 Å². The number of methoxy groups -OCH3 is 1. The number of ether oxygens (including phenoxy) is 2. The van der Waals surface area contributed by atoms with Crippen molar-refractivity contribution in [3.63, 3.8) is 0 Å². The molecular weight excluding hydrogens is 437 g/mol. The number of hydrogen-bond acceptors (Lipinski definition) is 7. The summed E-state index contributed by atoms with van der Waals surface area (Å²) in [6.45, 7) is 3.36. The van der Waals surface area contributed by atoms with E-state index in [4.69, 9.17) is 4.74 Å². The van der Waals surface area contributed by atoms with Gasteiger partial charge in [0, 0.05) is 0 Å². The average molecular weight is 467 g/mol. The first-order chi connectivity index (χ1) is 15.6. The molecule has 3 amide bonds. The number of halogens is 1. The lowest BCUT2D eigenvalue weighted by atomic mass is 10.0. The van der Waals surface area contributed by atoms with Crippen LogP contribution < -0.4 is 16.0 Å². The Labute approximate surface area is 191 Å². The molecule has 182 valence electrons. The number of Topliss-reactive ketones (excluding diaryl/α,β-unsaturated/α-hetero) is 1. The van der Waals surface area contributed by atoms with Crippen molar-refractivity contribution >= 4 is 29.7 Å². The maximum absolute atomic E-state index is 12.8. The normalized spacial score (nSPS) is 13.3. The Morgan fingerprint density at radius 1 is 0.939 bits per heavy atom. The van der Waals surface area contributed by atoms with E-state index in [1.807, 2.05) is 6.07 Å². The van der Waals surface area contributed by atoms with Gasteiger partial charge in [-0.1, -0.05) is 44.2 Å². The van der Waals surface area contributed by atoms with Gasteiger partial charge in [0.2, 0.25) is 11.8 Å². The molecule has 33 heavy (non-hydrogen) atoms. The van der Waals surface area contributed by atoms with Crippen LogP contribution >= 0.6 is 0 Å². The summed E-state index contributed by atoms with van der Waals surface area (Å²) in [4.78, 5) is 60.3. The molecule has 0 aliphatic heterocycles. The first kappa shape index (κ1) is 27.5. The van der Waals surface area contributed by atoms with E-state index in [0.29, 0.717) is 0 Å². The molecule has 3 unspecified atom stereocenters. The first-order valence-electron chi connectivity index (χ1n) is 10.3. The fourth-order valence-corrected chi connectivity index (χ4v) is 2.68. The molecular formula is C22H30FN3O7. The zero-order valence-electron chi connectivity index (χ0n) is 19.1. The van der Waals surface area contributed by atoms with Gasteiger partial charge in [-0.05, 0) is 18.4 Å². The Balaban J connectivity index is 2.68. The average Bonchev–Trinajstić information content (AvgIpc) is 2.80. The molecule has 0 bridgehead atoms. The number of rotatable bonds is 12. The van der Waals surface area contributed by atoms with Crippen LogP contribution in [0.1, 0.15) is 32.8 Å². The number of ketones is 1. The minimum Gasteiger partial charge on any atom is -0.469 e. The van der Waals surface area contributed by atoms with Crippen molar-refractivity contribution in [2.45, 2.75) is 51.9 Å². The van der Waals surface area contributed by atoms with Crippen molar-refractivity contribution in [3.8, 4) is 0 Å². The van der Waals surface area contributed by atoms with Crippen LogP contribution in [0.15, 0.2) is 30.3 Å². The lowest BCUT2D eigenvalue weighted by Crippen LogP contribution is -2.56. The Kier molecular flexibility index (Phi) is 11.5. The molecule has 3 N–H and O–H groups in total. The minimum absolute atomic E-state index is 0.0160. The second-order valence-corrected chi connectivity index (χ2v) is 7.60. The summed E-state index contributed by atoms with van der Waals surface area (Å²) in [5, 5.41) is 7.12. The molecule has 3 atom stereocenters. The van der Waals surface area contributed by atoms with Crippen molar-refractivity contribution in [1.29, 1.82) is 0 Å². The Bertz CT molecular complexity index is 833. The van der Waals surface area contributed by atoms with Gasteiger partial charge >= 0.3 is 12.1 Å². The molecule has 0 heterocycles. The molecule has 0 fully saturated rings. The molecule has 0 radical (unpaired) electrons. The number of hydrogen-bond donors (Lipinski definition) is 3. The molecule has 10 nitrogen and oxygen atoms in total. The summed E-state index contributed by atoms with van der Waals surface area (Å²) in [6, 6.07) is 5.39. The first-order valence-corrected chi connectivity index (χ1v) is 10.3. The molecule has 0 spiro atoms. The number of alkyl carbamates (subject to hydrolysis) is 1. The van der Waals surface area contributed by atoms with Crippen LogP contribution in [0.25, 0.3) is 0 Å². The van der Waals surface area contributed by atoms with Crippen molar-refractivity contribution < 1.29 is 37.8 Å². The molecule has 0 aliphatic carbocycles. The van der Waals surface area contributed by atoms with Gasteiger partial charge in [-0.2, -0.15) is 0 Å². The fraction of sp³-hybridized carbons (Fsp3) is 0.500. The van der Waals surface area contributed by atoms with E-state index in [-0.39, 0.29) is 12.5 Å². The van der Waals surface area contributed by atoms with Crippen molar-refractivity contribution in [2.75, 3.05) is 13.8 Å². The molecule has 1 rings (SSSR count). The maximum Gasteiger partial charge on any atom is 0.408 e. The molecule has 1 aromatic rings. The van der Waals surface area contributed by atoms with Gasteiger partial charge < -0.3 is 25.4 Å². The second kappa shape index (κ2) is 13.8. The van der Waals surface area contributed by atoms with Gasteiger partial charge in [-0.15, -0.1) is 0 Å². The molecule has 0 saturated carbocycles.